The number of halogens is 1. The standard InChI is InChI=1S/C11H15FN2O2S/c12-10-5-2-7-13-11(10)17(15,16)14-8-6-9-3-1-4-9/h2,5,7,9,14H,1,3-4,6,8H2. The second-order valence-electron chi connectivity index (χ2n) is 4.27. The van der Waals surface area contributed by atoms with Crippen LogP contribution in [0.25, 0.3) is 0 Å². The summed E-state index contributed by atoms with van der Waals surface area (Å²) < 4.78 is 39.1. The van der Waals surface area contributed by atoms with E-state index in [0.29, 0.717) is 12.5 Å². The molecule has 1 aromatic rings. The third kappa shape index (κ3) is 3.01. The number of hydrogen-bond donors (Lipinski definition) is 1. The molecule has 1 aliphatic carbocycles. The summed E-state index contributed by atoms with van der Waals surface area (Å²) in [6, 6.07) is 2.45. The summed E-state index contributed by atoms with van der Waals surface area (Å²) in [6.07, 6.45) is 5.64. The van der Waals surface area contributed by atoms with E-state index in [1.54, 1.807) is 0 Å². The molecule has 1 saturated carbocycles. The van der Waals surface area contributed by atoms with Gasteiger partial charge in [0.05, 0.1) is 0 Å². The zero-order chi connectivity index (χ0) is 12.3. The van der Waals surface area contributed by atoms with Crippen molar-refractivity contribution in [1.29, 1.82) is 0 Å². The van der Waals surface area contributed by atoms with E-state index in [0.717, 1.165) is 12.5 Å². The van der Waals surface area contributed by atoms with Gasteiger partial charge in [-0.1, -0.05) is 19.3 Å². The molecule has 0 bridgehead atoms. The summed E-state index contributed by atoms with van der Waals surface area (Å²) >= 11 is 0. The lowest BCUT2D eigenvalue weighted by Crippen LogP contribution is -2.28. The fraction of sp³-hybridized carbons (Fsp3) is 0.545. The second kappa shape index (κ2) is 5.10. The monoisotopic (exact) mass is 258 g/mol. The molecule has 0 atom stereocenters. The summed E-state index contributed by atoms with van der Waals surface area (Å²) in [5.74, 6) is -0.199. The van der Waals surface area contributed by atoms with Crippen LogP contribution in [0.15, 0.2) is 23.4 Å². The summed E-state index contributed by atoms with van der Waals surface area (Å²) in [6.45, 7) is 0.350. The van der Waals surface area contributed by atoms with Crippen LogP contribution in [0.1, 0.15) is 25.7 Å². The van der Waals surface area contributed by atoms with Gasteiger partial charge in [-0.15, -0.1) is 0 Å². The topological polar surface area (TPSA) is 59.1 Å². The van der Waals surface area contributed by atoms with Gasteiger partial charge in [0.15, 0.2) is 5.82 Å². The van der Waals surface area contributed by atoms with Crippen molar-refractivity contribution >= 4 is 10.0 Å². The Kier molecular flexibility index (Phi) is 3.73. The lowest BCUT2D eigenvalue weighted by atomic mass is 9.83. The molecule has 2 rings (SSSR count). The molecule has 4 nitrogen and oxygen atoms in total. The zero-order valence-electron chi connectivity index (χ0n) is 9.39. The van der Waals surface area contributed by atoms with Crippen LogP contribution >= 0.6 is 0 Å². The Morgan fingerprint density at radius 3 is 2.82 bits per heavy atom. The van der Waals surface area contributed by atoms with Crippen molar-refractivity contribution in [2.45, 2.75) is 30.7 Å². The molecule has 0 amide bonds. The van der Waals surface area contributed by atoms with Crippen LogP contribution in [0.4, 0.5) is 4.39 Å². The van der Waals surface area contributed by atoms with Crippen LogP contribution in [-0.2, 0) is 10.0 Å². The summed E-state index contributed by atoms with van der Waals surface area (Å²) in [7, 11) is -3.81. The molecule has 1 aromatic heterocycles. The van der Waals surface area contributed by atoms with Crippen molar-refractivity contribution in [1.82, 2.24) is 9.71 Å². The highest BCUT2D eigenvalue weighted by Gasteiger charge is 2.22. The lowest BCUT2D eigenvalue weighted by molar-refractivity contribution is 0.297. The molecule has 0 unspecified atom stereocenters. The minimum atomic E-state index is -3.81. The average Bonchev–Trinajstić information content (AvgIpc) is 2.22. The molecule has 1 aliphatic rings. The minimum absolute atomic E-state index is 0.350. The van der Waals surface area contributed by atoms with Gasteiger partial charge < -0.3 is 0 Å². The Bertz CT molecular complexity index is 486. The van der Waals surface area contributed by atoms with Gasteiger partial charge in [-0.05, 0) is 24.5 Å². The molecule has 6 heteroatoms. The van der Waals surface area contributed by atoms with E-state index >= 15 is 0 Å². The van der Waals surface area contributed by atoms with Crippen LogP contribution in [0.2, 0.25) is 0 Å². The average molecular weight is 258 g/mol. The molecule has 94 valence electrons. The Balaban J connectivity index is 1.96. The minimum Gasteiger partial charge on any atom is -0.241 e. The first-order valence-electron chi connectivity index (χ1n) is 5.70. The second-order valence-corrected chi connectivity index (χ2v) is 5.96. The maximum atomic E-state index is 13.3. The number of nitrogens with zero attached hydrogens (tertiary/aromatic N) is 1. The first kappa shape index (κ1) is 12.4. The van der Waals surface area contributed by atoms with E-state index in [9.17, 15) is 12.8 Å². The van der Waals surface area contributed by atoms with Gasteiger partial charge in [0, 0.05) is 12.7 Å². The lowest BCUT2D eigenvalue weighted by Gasteiger charge is -2.24. The molecule has 0 radical (unpaired) electrons. The summed E-state index contributed by atoms with van der Waals surface area (Å²) in [5.41, 5.74) is 0. The number of hydrogen-bond acceptors (Lipinski definition) is 3. The fourth-order valence-electron chi connectivity index (χ4n) is 1.82. The third-order valence-electron chi connectivity index (χ3n) is 3.05. The Morgan fingerprint density at radius 1 is 1.47 bits per heavy atom. The molecular weight excluding hydrogens is 243 g/mol. The van der Waals surface area contributed by atoms with Crippen LogP contribution in [-0.4, -0.2) is 19.9 Å². The van der Waals surface area contributed by atoms with Gasteiger partial charge in [0.2, 0.25) is 5.03 Å². The van der Waals surface area contributed by atoms with Gasteiger partial charge in [-0.3, -0.25) is 0 Å². The molecule has 0 aliphatic heterocycles. The smallest absolute Gasteiger partial charge is 0.241 e. The van der Waals surface area contributed by atoms with Gasteiger partial charge in [-0.25, -0.2) is 22.5 Å². The summed E-state index contributed by atoms with van der Waals surface area (Å²) in [4.78, 5) is 3.56. The zero-order valence-corrected chi connectivity index (χ0v) is 10.2. The molecule has 1 N–H and O–H groups in total. The molecule has 0 spiro atoms. The Labute approximate surface area is 100 Å². The normalized spacial score (nSPS) is 16.8. The fourth-order valence-corrected chi connectivity index (χ4v) is 2.86. The van der Waals surface area contributed by atoms with Crippen molar-refractivity contribution in [3.63, 3.8) is 0 Å². The van der Waals surface area contributed by atoms with Crippen LogP contribution in [0.5, 0.6) is 0 Å². The number of rotatable bonds is 5. The van der Waals surface area contributed by atoms with Gasteiger partial charge >= 0.3 is 0 Å². The number of nitrogens with one attached hydrogen (secondary N) is 1. The predicted molar refractivity (Wildman–Crippen MR) is 61.3 cm³/mol. The molecule has 1 heterocycles. The van der Waals surface area contributed by atoms with E-state index in [-0.39, 0.29) is 0 Å². The number of pyridine rings is 1. The third-order valence-corrected chi connectivity index (χ3v) is 4.44. The van der Waals surface area contributed by atoms with E-state index in [1.165, 1.54) is 31.5 Å². The maximum absolute atomic E-state index is 13.3. The largest absolute Gasteiger partial charge is 0.261 e. The highest BCUT2D eigenvalue weighted by Crippen LogP contribution is 2.28. The van der Waals surface area contributed by atoms with Crippen LogP contribution in [0, 0.1) is 11.7 Å². The quantitative estimate of drug-likeness (QED) is 0.874. The van der Waals surface area contributed by atoms with Crippen LogP contribution < -0.4 is 4.72 Å². The van der Waals surface area contributed by atoms with E-state index in [4.69, 9.17) is 0 Å². The molecule has 17 heavy (non-hydrogen) atoms. The van der Waals surface area contributed by atoms with Crippen molar-refractivity contribution in [2.75, 3.05) is 6.54 Å². The van der Waals surface area contributed by atoms with Gasteiger partial charge in [-0.2, -0.15) is 0 Å². The highest BCUT2D eigenvalue weighted by atomic mass is 32.2. The van der Waals surface area contributed by atoms with Crippen molar-refractivity contribution in [2.24, 2.45) is 5.92 Å². The first-order chi connectivity index (χ1) is 8.09. The van der Waals surface area contributed by atoms with Gasteiger partial charge in [0.25, 0.3) is 10.0 Å². The Hall–Kier alpha value is -1.01. The van der Waals surface area contributed by atoms with Gasteiger partial charge in [0.1, 0.15) is 0 Å². The maximum Gasteiger partial charge on any atom is 0.261 e. The predicted octanol–water partition coefficient (Wildman–Crippen LogP) is 1.69. The Morgan fingerprint density at radius 2 is 2.24 bits per heavy atom. The molecule has 0 saturated heterocycles. The van der Waals surface area contributed by atoms with Crippen LogP contribution in [0.3, 0.4) is 0 Å². The van der Waals surface area contributed by atoms with E-state index in [2.05, 4.69) is 9.71 Å². The van der Waals surface area contributed by atoms with Crippen molar-refractivity contribution in [3.05, 3.63) is 24.1 Å². The number of sulfonamides is 1. The molecular formula is C11H15FN2O2S. The number of aromatic nitrogens is 1. The van der Waals surface area contributed by atoms with E-state index in [1.807, 2.05) is 0 Å². The highest BCUT2D eigenvalue weighted by molar-refractivity contribution is 7.89. The first-order valence-corrected chi connectivity index (χ1v) is 7.18. The summed E-state index contributed by atoms with van der Waals surface area (Å²) in [5, 5.41) is -0.520. The van der Waals surface area contributed by atoms with Crippen molar-refractivity contribution < 1.29 is 12.8 Å². The SMILES string of the molecule is O=S(=O)(NCCC1CCC1)c1ncccc1F. The molecule has 0 aromatic carbocycles. The van der Waals surface area contributed by atoms with Crippen molar-refractivity contribution in [3.8, 4) is 0 Å². The molecule has 1 fully saturated rings. The van der Waals surface area contributed by atoms with E-state index < -0.39 is 20.9 Å².